The third-order valence-corrected chi connectivity index (χ3v) is 6.18. The van der Waals surface area contributed by atoms with E-state index < -0.39 is 35.0 Å². The van der Waals surface area contributed by atoms with Gasteiger partial charge in [0.15, 0.2) is 0 Å². The molecule has 0 aromatic carbocycles. The first-order chi connectivity index (χ1) is 12.1. The van der Waals surface area contributed by atoms with Crippen molar-refractivity contribution >= 4 is 17.9 Å². The van der Waals surface area contributed by atoms with E-state index >= 15 is 0 Å². The summed E-state index contributed by atoms with van der Waals surface area (Å²) in [4.78, 5) is 39.1. The average Bonchev–Trinajstić information content (AvgIpc) is 2.88. The van der Waals surface area contributed by atoms with Crippen molar-refractivity contribution in [3.8, 4) is 0 Å². The first kappa shape index (κ1) is 21.5. The summed E-state index contributed by atoms with van der Waals surface area (Å²) in [5.41, 5.74) is -0.984. The smallest absolute Gasteiger partial charge is 0.326 e. The molecule has 1 aliphatic heterocycles. The standard InChI is InChI=1S/C20H35N3O4/c1-9-20(8)11-10-23(13(12(11)20)16(25)26)15(24)14(18(2,3)4)21-17(27)22-19(5,6)7/h11-14H,9-10H2,1-8H3,(H,25,26)(H2,21,22,27)/t11?,12?,13-,14+,20?/m0/s1. The molecule has 1 saturated carbocycles. The number of nitrogens with zero attached hydrogens (tertiary/aromatic N) is 1. The Balaban J connectivity index is 2.21. The summed E-state index contributed by atoms with van der Waals surface area (Å²) in [6.07, 6.45) is 0.906. The lowest BCUT2D eigenvalue weighted by Crippen LogP contribution is -2.60. The highest BCUT2D eigenvalue weighted by molar-refractivity contribution is 5.92. The summed E-state index contributed by atoms with van der Waals surface area (Å²) in [5.74, 6) is -1.06. The molecule has 1 aliphatic carbocycles. The molecule has 2 fully saturated rings. The Morgan fingerprint density at radius 2 is 1.74 bits per heavy atom. The van der Waals surface area contributed by atoms with E-state index in [9.17, 15) is 19.5 Å². The van der Waals surface area contributed by atoms with Gasteiger partial charge in [-0.15, -0.1) is 0 Å². The number of hydrogen-bond donors (Lipinski definition) is 3. The minimum absolute atomic E-state index is 0.00585. The Labute approximate surface area is 162 Å². The van der Waals surface area contributed by atoms with Crippen molar-refractivity contribution in [1.29, 1.82) is 0 Å². The Hall–Kier alpha value is -1.79. The average molecular weight is 382 g/mol. The van der Waals surface area contributed by atoms with Gasteiger partial charge in [0, 0.05) is 18.0 Å². The van der Waals surface area contributed by atoms with E-state index in [1.165, 1.54) is 4.90 Å². The topological polar surface area (TPSA) is 98.7 Å². The number of hydrogen-bond acceptors (Lipinski definition) is 3. The number of carboxylic acid groups (broad SMARTS) is 1. The van der Waals surface area contributed by atoms with Crippen molar-refractivity contribution in [3.63, 3.8) is 0 Å². The van der Waals surface area contributed by atoms with Gasteiger partial charge in [-0.1, -0.05) is 41.0 Å². The number of nitrogens with one attached hydrogen (secondary N) is 2. The minimum Gasteiger partial charge on any atom is -0.480 e. The molecule has 27 heavy (non-hydrogen) atoms. The number of carboxylic acids is 1. The van der Waals surface area contributed by atoms with Crippen LogP contribution in [0.4, 0.5) is 4.79 Å². The maximum absolute atomic E-state index is 13.3. The van der Waals surface area contributed by atoms with Gasteiger partial charge < -0.3 is 20.6 Å². The van der Waals surface area contributed by atoms with Crippen molar-refractivity contribution in [2.24, 2.45) is 22.7 Å². The van der Waals surface area contributed by atoms with Gasteiger partial charge in [-0.25, -0.2) is 9.59 Å². The molecular formula is C20H35N3O4. The van der Waals surface area contributed by atoms with E-state index in [0.29, 0.717) is 6.54 Å². The Kier molecular flexibility index (Phi) is 5.32. The van der Waals surface area contributed by atoms with Gasteiger partial charge in [-0.2, -0.15) is 0 Å². The molecule has 0 radical (unpaired) electrons. The molecule has 0 bridgehead atoms. The Bertz CT molecular complexity index is 634. The molecule has 7 nitrogen and oxygen atoms in total. The molecule has 1 saturated heterocycles. The van der Waals surface area contributed by atoms with Crippen LogP contribution in [0.5, 0.6) is 0 Å². The van der Waals surface area contributed by atoms with Crippen LogP contribution >= 0.6 is 0 Å². The fourth-order valence-corrected chi connectivity index (χ4v) is 4.46. The summed E-state index contributed by atoms with van der Waals surface area (Å²) in [6, 6.07) is -2.04. The molecule has 7 heteroatoms. The zero-order valence-corrected chi connectivity index (χ0v) is 17.8. The largest absolute Gasteiger partial charge is 0.480 e. The second kappa shape index (κ2) is 6.67. The first-order valence-corrected chi connectivity index (χ1v) is 9.75. The van der Waals surface area contributed by atoms with Crippen LogP contribution in [-0.2, 0) is 9.59 Å². The van der Waals surface area contributed by atoms with Crippen LogP contribution in [0.3, 0.4) is 0 Å². The fourth-order valence-electron chi connectivity index (χ4n) is 4.46. The van der Waals surface area contributed by atoms with Crippen LogP contribution in [0, 0.1) is 22.7 Å². The quantitative estimate of drug-likeness (QED) is 0.696. The second-order valence-electron chi connectivity index (χ2n) is 10.4. The highest BCUT2D eigenvalue weighted by Crippen LogP contribution is 2.67. The van der Waals surface area contributed by atoms with Crippen molar-refractivity contribution in [3.05, 3.63) is 0 Å². The van der Waals surface area contributed by atoms with Crippen molar-refractivity contribution in [2.75, 3.05) is 6.54 Å². The number of rotatable bonds is 4. The van der Waals surface area contributed by atoms with Crippen LogP contribution in [0.25, 0.3) is 0 Å². The van der Waals surface area contributed by atoms with Crippen LogP contribution < -0.4 is 10.6 Å². The number of carbonyl (C=O) groups is 3. The molecular weight excluding hydrogens is 346 g/mol. The predicted octanol–water partition coefficient (Wildman–Crippen LogP) is 2.46. The van der Waals surface area contributed by atoms with Gasteiger partial charge in [0.05, 0.1) is 0 Å². The maximum Gasteiger partial charge on any atom is 0.326 e. The molecule has 3 N–H and O–H groups in total. The monoisotopic (exact) mass is 381 g/mol. The van der Waals surface area contributed by atoms with E-state index in [4.69, 9.17) is 0 Å². The lowest BCUT2D eigenvalue weighted by Gasteiger charge is -2.37. The molecule has 2 aliphatic rings. The molecule has 5 atom stereocenters. The van der Waals surface area contributed by atoms with Gasteiger partial charge in [0.25, 0.3) is 0 Å². The number of carbonyl (C=O) groups excluding carboxylic acids is 2. The van der Waals surface area contributed by atoms with Crippen LogP contribution in [0.1, 0.15) is 61.8 Å². The number of fused-ring (bicyclic) bond motifs is 1. The summed E-state index contributed by atoms with van der Waals surface area (Å²) in [5, 5.41) is 15.4. The fraction of sp³-hybridized carbons (Fsp3) is 0.850. The van der Waals surface area contributed by atoms with E-state index in [0.717, 1.165) is 6.42 Å². The van der Waals surface area contributed by atoms with Crippen molar-refractivity contribution < 1.29 is 19.5 Å². The molecule has 1 heterocycles. The van der Waals surface area contributed by atoms with Crippen LogP contribution in [0.2, 0.25) is 0 Å². The van der Waals surface area contributed by atoms with Crippen LogP contribution in [-0.4, -0.2) is 52.1 Å². The number of likely N-dealkylation sites (tertiary alicyclic amines) is 1. The highest BCUT2D eigenvalue weighted by atomic mass is 16.4. The lowest BCUT2D eigenvalue weighted by atomic mass is 9.85. The number of amides is 3. The first-order valence-electron chi connectivity index (χ1n) is 9.75. The van der Waals surface area contributed by atoms with E-state index in [2.05, 4.69) is 24.5 Å². The molecule has 0 aromatic heterocycles. The molecule has 2 rings (SSSR count). The SMILES string of the molecule is CCC1(C)C2CN(C(=O)[C@@H](NC(=O)NC(C)(C)C)C(C)(C)C)[C@H](C(=O)O)C21. The molecule has 0 spiro atoms. The summed E-state index contributed by atoms with van der Waals surface area (Å²) < 4.78 is 0. The van der Waals surface area contributed by atoms with Gasteiger partial charge in [-0.05, 0) is 37.5 Å². The molecule has 3 unspecified atom stereocenters. The third kappa shape index (κ3) is 4.06. The van der Waals surface area contributed by atoms with Crippen molar-refractivity contribution in [2.45, 2.75) is 79.4 Å². The summed E-state index contributed by atoms with van der Waals surface area (Å²) in [7, 11) is 0. The normalized spacial score (nSPS) is 31.1. The van der Waals surface area contributed by atoms with Crippen LogP contribution in [0.15, 0.2) is 0 Å². The molecule has 154 valence electrons. The van der Waals surface area contributed by atoms with E-state index in [1.54, 1.807) is 0 Å². The summed E-state index contributed by atoms with van der Waals surface area (Å²) in [6.45, 7) is 15.8. The maximum atomic E-state index is 13.3. The van der Waals surface area contributed by atoms with E-state index in [1.807, 2.05) is 41.5 Å². The number of aliphatic carboxylic acids is 1. The van der Waals surface area contributed by atoms with Crippen molar-refractivity contribution in [1.82, 2.24) is 15.5 Å². The Morgan fingerprint density at radius 3 is 2.15 bits per heavy atom. The Morgan fingerprint density at radius 1 is 1.19 bits per heavy atom. The molecule has 0 aromatic rings. The number of piperidine rings is 1. The highest BCUT2D eigenvalue weighted by Gasteiger charge is 2.71. The predicted molar refractivity (Wildman–Crippen MR) is 103 cm³/mol. The molecule has 3 amide bonds. The zero-order valence-electron chi connectivity index (χ0n) is 17.8. The van der Waals surface area contributed by atoms with Gasteiger partial charge >= 0.3 is 12.0 Å². The zero-order chi connectivity index (χ0) is 20.9. The lowest BCUT2D eigenvalue weighted by molar-refractivity contribution is -0.152. The van der Waals surface area contributed by atoms with Gasteiger partial charge in [-0.3, -0.25) is 4.79 Å². The van der Waals surface area contributed by atoms with Gasteiger partial charge in [0.2, 0.25) is 5.91 Å². The summed E-state index contributed by atoms with van der Waals surface area (Å²) >= 11 is 0. The number of urea groups is 1. The third-order valence-electron chi connectivity index (χ3n) is 6.18. The van der Waals surface area contributed by atoms with Gasteiger partial charge in [0.1, 0.15) is 12.1 Å². The minimum atomic E-state index is -0.958. The second-order valence-corrected chi connectivity index (χ2v) is 10.4. The van der Waals surface area contributed by atoms with E-state index in [-0.39, 0.29) is 23.2 Å².